The molecule has 0 aromatic heterocycles. The third-order valence-corrected chi connectivity index (χ3v) is 3.63. The molecule has 1 aromatic rings. The van der Waals surface area contributed by atoms with Gasteiger partial charge in [-0.1, -0.05) is 37.3 Å². The molecule has 1 aliphatic rings. The molecule has 1 N–H and O–H groups in total. The summed E-state index contributed by atoms with van der Waals surface area (Å²) in [5.41, 5.74) is 0.901. The van der Waals surface area contributed by atoms with E-state index in [1.807, 2.05) is 13.0 Å². The molecule has 0 aliphatic heterocycles. The van der Waals surface area contributed by atoms with E-state index in [1.165, 1.54) is 5.56 Å². The number of aliphatic hydroxyl groups is 1. The number of hydrogen-bond acceptors (Lipinski definition) is 1. The van der Waals surface area contributed by atoms with E-state index >= 15 is 0 Å². The van der Waals surface area contributed by atoms with E-state index in [-0.39, 0.29) is 0 Å². The lowest BCUT2D eigenvalue weighted by molar-refractivity contribution is 0.0276. The summed E-state index contributed by atoms with van der Waals surface area (Å²) in [4.78, 5) is 0. The van der Waals surface area contributed by atoms with E-state index in [2.05, 4.69) is 31.2 Å². The van der Waals surface area contributed by atoms with E-state index in [0.717, 1.165) is 12.8 Å². The zero-order valence-electron chi connectivity index (χ0n) is 8.90. The standard InChI is InChI=1S/C13H18O/c1-10-8-12(9-13(10,2)14)11-6-4-3-5-7-11/h3-7,10,12,14H,8-9H2,1-2H3/t10-,12?,13+/m0/s1. The predicted molar refractivity (Wildman–Crippen MR) is 58.2 cm³/mol. The molecule has 1 saturated carbocycles. The molecule has 0 spiro atoms. The molecule has 0 saturated heterocycles. The van der Waals surface area contributed by atoms with Gasteiger partial charge in [-0.25, -0.2) is 0 Å². The van der Waals surface area contributed by atoms with Crippen LogP contribution in [0.5, 0.6) is 0 Å². The second-order valence-corrected chi connectivity index (χ2v) is 4.81. The van der Waals surface area contributed by atoms with Crippen molar-refractivity contribution in [2.24, 2.45) is 5.92 Å². The van der Waals surface area contributed by atoms with E-state index in [4.69, 9.17) is 0 Å². The van der Waals surface area contributed by atoms with Gasteiger partial charge in [-0.05, 0) is 37.2 Å². The second-order valence-electron chi connectivity index (χ2n) is 4.81. The van der Waals surface area contributed by atoms with Crippen molar-refractivity contribution in [2.45, 2.75) is 38.2 Å². The number of benzene rings is 1. The highest BCUT2D eigenvalue weighted by Crippen LogP contribution is 2.44. The van der Waals surface area contributed by atoms with Crippen molar-refractivity contribution in [1.29, 1.82) is 0 Å². The van der Waals surface area contributed by atoms with Crippen LogP contribution >= 0.6 is 0 Å². The molecule has 1 aliphatic carbocycles. The maximum Gasteiger partial charge on any atom is 0.0651 e. The van der Waals surface area contributed by atoms with E-state index in [9.17, 15) is 5.11 Å². The molecular formula is C13H18O. The van der Waals surface area contributed by atoms with Crippen molar-refractivity contribution in [3.05, 3.63) is 35.9 Å². The van der Waals surface area contributed by atoms with Gasteiger partial charge < -0.3 is 5.11 Å². The summed E-state index contributed by atoms with van der Waals surface area (Å²) in [6, 6.07) is 10.5. The summed E-state index contributed by atoms with van der Waals surface area (Å²) in [6.45, 7) is 4.10. The van der Waals surface area contributed by atoms with Gasteiger partial charge in [0, 0.05) is 0 Å². The quantitative estimate of drug-likeness (QED) is 0.722. The third-order valence-electron chi connectivity index (χ3n) is 3.63. The Kier molecular flexibility index (Phi) is 2.36. The molecule has 1 unspecified atom stereocenters. The highest BCUT2D eigenvalue weighted by Gasteiger charge is 2.39. The Morgan fingerprint density at radius 1 is 1.29 bits per heavy atom. The molecule has 1 aromatic carbocycles. The Balaban J connectivity index is 2.17. The second kappa shape index (κ2) is 3.39. The molecule has 0 bridgehead atoms. The van der Waals surface area contributed by atoms with Crippen LogP contribution in [-0.4, -0.2) is 10.7 Å². The molecular weight excluding hydrogens is 172 g/mol. The van der Waals surface area contributed by atoms with Crippen molar-refractivity contribution in [3.8, 4) is 0 Å². The molecule has 0 radical (unpaired) electrons. The number of hydrogen-bond donors (Lipinski definition) is 1. The van der Waals surface area contributed by atoms with Crippen molar-refractivity contribution in [3.63, 3.8) is 0 Å². The fraction of sp³-hybridized carbons (Fsp3) is 0.538. The van der Waals surface area contributed by atoms with Crippen LogP contribution in [-0.2, 0) is 0 Å². The van der Waals surface area contributed by atoms with Crippen LogP contribution in [0.15, 0.2) is 30.3 Å². The normalized spacial score (nSPS) is 37.4. The van der Waals surface area contributed by atoms with Crippen LogP contribution in [0.3, 0.4) is 0 Å². The van der Waals surface area contributed by atoms with E-state index in [0.29, 0.717) is 11.8 Å². The fourth-order valence-corrected chi connectivity index (χ4v) is 2.44. The maximum atomic E-state index is 10.1. The SMILES string of the molecule is C[C@H]1CC(c2ccccc2)C[C@@]1(C)O. The first-order chi connectivity index (χ1) is 6.59. The molecule has 3 atom stereocenters. The van der Waals surface area contributed by atoms with Crippen LogP contribution < -0.4 is 0 Å². The van der Waals surface area contributed by atoms with Crippen molar-refractivity contribution in [1.82, 2.24) is 0 Å². The van der Waals surface area contributed by atoms with Crippen LogP contribution in [0.1, 0.15) is 38.2 Å². The van der Waals surface area contributed by atoms with Gasteiger partial charge in [-0.2, -0.15) is 0 Å². The summed E-state index contributed by atoms with van der Waals surface area (Å²) in [5, 5.41) is 10.1. The van der Waals surface area contributed by atoms with E-state index in [1.54, 1.807) is 0 Å². The van der Waals surface area contributed by atoms with Crippen LogP contribution in [0.25, 0.3) is 0 Å². The highest BCUT2D eigenvalue weighted by atomic mass is 16.3. The van der Waals surface area contributed by atoms with Crippen LogP contribution in [0, 0.1) is 5.92 Å². The van der Waals surface area contributed by atoms with Crippen molar-refractivity contribution in [2.75, 3.05) is 0 Å². The molecule has 14 heavy (non-hydrogen) atoms. The molecule has 1 fully saturated rings. The van der Waals surface area contributed by atoms with Gasteiger partial charge in [0.25, 0.3) is 0 Å². The van der Waals surface area contributed by atoms with Gasteiger partial charge in [0.05, 0.1) is 5.60 Å². The lowest BCUT2D eigenvalue weighted by Gasteiger charge is -2.21. The van der Waals surface area contributed by atoms with Crippen molar-refractivity contribution < 1.29 is 5.11 Å². The Bertz CT molecular complexity index is 302. The number of rotatable bonds is 1. The summed E-state index contributed by atoms with van der Waals surface area (Å²) in [7, 11) is 0. The third kappa shape index (κ3) is 1.69. The molecule has 2 rings (SSSR count). The molecule has 0 amide bonds. The summed E-state index contributed by atoms with van der Waals surface area (Å²) in [5.74, 6) is 0.953. The zero-order valence-corrected chi connectivity index (χ0v) is 8.90. The first-order valence-corrected chi connectivity index (χ1v) is 5.37. The first kappa shape index (κ1) is 9.72. The Morgan fingerprint density at radius 3 is 2.43 bits per heavy atom. The van der Waals surface area contributed by atoms with Crippen molar-refractivity contribution >= 4 is 0 Å². The topological polar surface area (TPSA) is 20.2 Å². The lowest BCUT2D eigenvalue weighted by atomic mass is 9.94. The monoisotopic (exact) mass is 190 g/mol. The Hall–Kier alpha value is -0.820. The largest absolute Gasteiger partial charge is 0.390 e. The molecule has 0 heterocycles. The zero-order chi connectivity index (χ0) is 10.2. The summed E-state index contributed by atoms with van der Waals surface area (Å²) < 4.78 is 0. The van der Waals surface area contributed by atoms with Gasteiger partial charge in [0.2, 0.25) is 0 Å². The lowest BCUT2D eigenvalue weighted by Crippen LogP contribution is -2.26. The Labute approximate surface area is 85.8 Å². The molecule has 76 valence electrons. The van der Waals surface area contributed by atoms with Crippen LogP contribution in [0.4, 0.5) is 0 Å². The highest BCUT2D eigenvalue weighted by molar-refractivity contribution is 5.22. The first-order valence-electron chi connectivity index (χ1n) is 5.37. The predicted octanol–water partition coefficient (Wildman–Crippen LogP) is 2.95. The van der Waals surface area contributed by atoms with Gasteiger partial charge in [0.1, 0.15) is 0 Å². The average molecular weight is 190 g/mol. The minimum absolute atomic E-state index is 0.410. The summed E-state index contributed by atoms with van der Waals surface area (Å²) in [6.07, 6.45) is 2.01. The van der Waals surface area contributed by atoms with Gasteiger partial charge >= 0.3 is 0 Å². The molecule has 1 heteroatoms. The molecule has 1 nitrogen and oxygen atoms in total. The van der Waals surface area contributed by atoms with Gasteiger partial charge in [0.15, 0.2) is 0 Å². The fourth-order valence-electron chi connectivity index (χ4n) is 2.44. The Morgan fingerprint density at radius 2 is 1.93 bits per heavy atom. The average Bonchev–Trinajstić information content (AvgIpc) is 2.43. The minimum atomic E-state index is -0.472. The summed E-state index contributed by atoms with van der Waals surface area (Å²) >= 11 is 0. The smallest absolute Gasteiger partial charge is 0.0651 e. The van der Waals surface area contributed by atoms with Gasteiger partial charge in [-0.15, -0.1) is 0 Å². The van der Waals surface area contributed by atoms with Gasteiger partial charge in [-0.3, -0.25) is 0 Å². The minimum Gasteiger partial charge on any atom is -0.390 e. The maximum absolute atomic E-state index is 10.1. The van der Waals surface area contributed by atoms with E-state index < -0.39 is 5.60 Å². The van der Waals surface area contributed by atoms with Crippen LogP contribution in [0.2, 0.25) is 0 Å².